The van der Waals surface area contributed by atoms with E-state index in [4.69, 9.17) is 5.26 Å². The molecule has 0 aromatic carbocycles. The zero-order valence-corrected chi connectivity index (χ0v) is 8.81. The number of nitrogens with zero attached hydrogens (tertiary/aromatic N) is 2. The Bertz CT molecular complexity index is 451. The second-order valence-electron chi connectivity index (χ2n) is 3.20. The summed E-state index contributed by atoms with van der Waals surface area (Å²) in [5.41, 5.74) is -0.143. The highest BCUT2D eigenvalue weighted by atomic mass is 19.4. The third-order valence-electron chi connectivity index (χ3n) is 1.90. The van der Waals surface area contributed by atoms with Gasteiger partial charge < -0.3 is 4.74 Å². The lowest BCUT2D eigenvalue weighted by molar-refractivity contribution is -0.275. The van der Waals surface area contributed by atoms with Crippen LogP contribution >= 0.6 is 0 Å². The lowest BCUT2D eigenvalue weighted by Gasteiger charge is -2.14. The van der Waals surface area contributed by atoms with E-state index in [0.29, 0.717) is 0 Å². The summed E-state index contributed by atoms with van der Waals surface area (Å²) >= 11 is 0. The van der Waals surface area contributed by atoms with Crippen LogP contribution in [0, 0.1) is 18.3 Å². The molecule has 0 saturated heterocycles. The van der Waals surface area contributed by atoms with Crippen LogP contribution in [-0.4, -0.2) is 11.3 Å². The largest absolute Gasteiger partial charge is 0.573 e. The summed E-state index contributed by atoms with van der Waals surface area (Å²) in [6.07, 6.45) is -5.17. The molecule has 1 heterocycles. The summed E-state index contributed by atoms with van der Waals surface area (Å²) in [7, 11) is 0. The maximum absolute atomic E-state index is 12.7. The second-order valence-corrected chi connectivity index (χ2v) is 3.20. The Morgan fingerprint density at radius 1 is 1.47 bits per heavy atom. The summed E-state index contributed by atoms with van der Waals surface area (Å²) in [4.78, 5) is 3.81. The van der Waals surface area contributed by atoms with E-state index in [1.807, 2.05) is 0 Å². The first-order valence-electron chi connectivity index (χ1n) is 4.55. The second kappa shape index (κ2) is 4.99. The fourth-order valence-corrected chi connectivity index (χ4v) is 1.31. The van der Waals surface area contributed by atoms with Crippen LogP contribution in [0.5, 0.6) is 5.75 Å². The molecule has 1 rings (SSSR count). The molecule has 0 atom stereocenters. The van der Waals surface area contributed by atoms with Gasteiger partial charge in [-0.3, -0.25) is 4.98 Å². The van der Waals surface area contributed by atoms with Crippen LogP contribution in [0.15, 0.2) is 6.07 Å². The van der Waals surface area contributed by atoms with Crippen LogP contribution in [0.4, 0.5) is 17.6 Å². The summed E-state index contributed by atoms with van der Waals surface area (Å²) in [6, 6.07) is 2.70. The van der Waals surface area contributed by atoms with Crippen LogP contribution in [0.1, 0.15) is 17.0 Å². The number of pyridine rings is 1. The molecule has 0 unspecified atom stereocenters. The molecule has 17 heavy (non-hydrogen) atoms. The Kier molecular flexibility index (Phi) is 3.89. The molecule has 0 aliphatic rings. The molecule has 0 aliphatic heterocycles. The van der Waals surface area contributed by atoms with Crippen LogP contribution in [0.2, 0.25) is 0 Å². The highest BCUT2D eigenvalue weighted by molar-refractivity contribution is 5.39. The van der Waals surface area contributed by atoms with Gasteiger partial charge in [0.25, 0.3) is 0 Å². The topological polar surface area (TPSA) is 45.9 Å². The van der Waals surface area contributed by atoms with Crippen LogP contribution in [-0.2, 0) is 13.1 Å². The van der Waals surface area contributed by atoms with E-state index in [9.17, 15) is 17.6 Å². The Morgan fingerprint density at radius 2 is 2.12 bits per heavy atom. The molecule has 0 radical (unpaired) electrons. The fraction of sp³-hybridized carbons (Fsp3) is 0.400. The Morgan fingerprint density at radius 3 is 2.59 bits per heavy atom. The van der Waals surface area contributed by atoms with E-state index in [2.05, 4.69) is 9.72 Å². The van der Waals surface area contributed by atoms with Crippen molar-refractivity contribution in [3.05, 3.63) is 23.0 Å². The van der Waals surface area contributed by atoms with Crippen molar-refractivity contribution in [1.29, 1.82) is 5.26 Å². The SMILES string of the molecule is Cc1cc(OC(F)(F)F)c(CF)c(CC#N)n1. The zero-order chi connectivity index (χ0) is 13.1. The molecule has 92 valence electrons. The van der Waals surface area contributed by atoms with E-state index in [-0.39, 0.29) is 23.4 Å². The van der Waals surface area contributed by atoms with Gasteiger partial charge in [0.2, 0.25) is 0 Å². The molecule has 7 heteroatoms. The van der Waals surface area contributed by atoms with Gasteiger partial charge in [-0.1, -0.05) is 0 Å². The minimum atomic E-state index is -4.90. The van der Waals surface area contributed by atoms with Crippen molar-refractivity contribution in [1.82, 2.24) is 4.98 Å². The van der Waals surface area contributed by atoms with E-state index < -0.39 is 18.8 Å². The number of rotatable bonds is 3. The summed E-state index contributed by atoms with van der Waals surface area (Å²) in [6.45, 7) is 0.266. The molecule has 3 nitrogen and oxygen atoms in total. The van der Waals surface area contributed by atoms with Crippen molar-refractivity contribution in [2.24, 2.45) is 0 Å². The minimum Gasteiger partial charge on any atom is -0.405 e. The van der Waals surface area contributed by atoms with Gasteiger partial charge in [0.05, 0.1) is 18.2 Å². The molecular formula is C10H8F4N2O. The van der Waals surface area contributed by atoms with Gasteiger partial charge in [-0.2, -0.15) is 5.26 Å². The fourth-order valence-electron chi connectivity index (χ4n) is 1.31. The lowest BCUT2D eigenvalue weighted by atomic mass is 10.1. The zero-order valence-electron chi connectivity index (χ0n) is 8.81. The quantitative estimate of drug-likeness (QED) is 0.772. The molecule has 1 aromatic rings. The highest BCUT2D eigenvalue weighted by Crippen LogP contribution is 2.29. The van der Waals surface area contributed by atoms with Crippen LogP contribution < -0.4 is 4.74 Å². The Hall–Kier alpha value is -1.84. The van der Waals surface area contributed by atoms with Gasteiger partial charge in [0.1, 0.15) is 12.4 Å². The third kappa shape index (κ3) is 3.59. The van der Waals surface area contributed by atoms with Crippen molar-refractivity contribution in [3.8, 4) is 11.8 Å². The molecule has 1 aromatic heterocycles. The molecule has 0 saturated carbocycles. The predicted octanol–water partition coefficient (Wildman–Crippen LogP) is 2.82. The molecule has 0 spiro atoms. The van der Waals surface area contributed by atoms with E-state index >= 15 is 0 Å². The van der Waals surface area contributed by atoms with E-state index in [1.54, 1.807) is 6.07 Å². The van der Waals surface area contributed by atoms with Gasteiger partial charge in [-0.05, 0) is 6.92 Å². The van der Waals surface area contributed by atoms with Crippen molar-refractivity contribution in [2.45, 2.75) is 26.4 Å². The van der Waals surface area contributed by atoms with E-state index in [1.165, 1.54) is 6.92 Å². The number of hydrogen-bond donors (Lipinski definition) is 0. The number of nitriles is 1. The molecule has 0 aliphatic carbocycles. The Labute approximate surface area is 94.6 Å². The van der Waals surface area contributed by atoms with Gasteiger partial charge >= 0.3 is 6.36 Å². The van der Waals surface area contributed by atoms with Crippen molar-refractivity contribution in [2.75, 3.05) is 0 Å². The number of aromatic nitrogens is 1. The maximum atomic E-state index is 12.7. The average molecular weight is 248 g/mol. The first-order valence-corrected chi connectivity index (χ1v) is 4.55. The standard InChI is InChI=1S/C10H8F4N2O/c1-6-4-9(17-10(12,13)14)7(5-11)8(16-6)2-3-15/h4H,2,5H2,1H3. The van der Waals surface area contributed by atoms with Gasteiger partial charge in [0, 0.05) is 17.3 Å². The monoisotopic (exact) mass is 248 g/mol. The average Bonchev–Trinajstić information content (AvgIpc) is 2.15. The van der Waals surface area contributed by atoms with Gasteiger partial charge in [-0.25, -0.2) is 4.39 Å². The molecule has 0 fully saturated rings. The smallest absolute Gasteiger partial charge is 0.405 e. The van der Waals surface area contributed by atoms with Crippen molar-refractivity contribution < 1.29 is 22.3 Å². The highest BCUT2D eigenvalue weighted by Gasteiger charge is 2.32. The molecule has 0 N–H and O–H groups in total. The van der Waals surface area contributed by atoms with E-state index in [0.717, 1.165) is 6.07 Å². The molecular weight excluding hydrogens is 240 g/mol. The minimum absolute atomic E-state index is 0.0331. The first-order chi connectivity index (χ1) is 7.87. The normalized spacial score (nSPS) is 11.1. The summed E-state index contributed by atoms with van der Waals surface area (Å²) in [5, 5.41) is 8.48. The van der Waals surface area contributed by atoms with Gasteiger partial charge in [-0.15, -0.1) is 13.2 Å². The summed E-state index contributed by atoms with van der Waals surface area (Å²) in [5.74, 6) is -0.641. The Balaban J connectivity index is 3.24. The van der Waals surface area contributed by atoms with Crippen molar-refractivity contribution in [3.63, 3.8) is 0 Å². The number of halogens is 4. The van der Waals surface area contributed by atoms with Crippen LogP contribution in [0.3, 0.4) is 0 Å². The lowest BCUT2D eigenvalue weighted by Crippen LogP contribution is -2.19. The molecule has 0 amide bonds. The van der Waals surface area contributed by atoms with Gasteiger partial charge in [0.15, 0.2) is 0 Å². The van der Waals surface area contributed by atoms with Crippen LogP contribution in [0.25, 0.3) is 0 Å². The summed E-state index contributed by atoms with van der Waals surface area (Å²) < 4.78 is 52.6. The number of alkyl halides is 4. The third-order valence-corrected chi connectivity index (χ3v) is 1.90. The first kappa shape index (κ1) is 13.2. The predicted molar refractivity (Wildman–Crippen MR) is 49.8 cm³/mol. The molecule has 0 bridgehead atoms. The number of aryl methyl sites for hydroxylation is 1. The number of ether oxygens (including phenoxy) is 1. The van der Waals surface area contributed by atoms with Crippen molar-refractivity contribution >= 4 is 0 Å². The number of hydrogen-bond acceptors (Lipinski definition) is 3. The maximum Gasteiger partial charge on any atom is 0.573 e.